The number of rotatable bonds is 4. The van der Waals surface area contributed by atoms with Crippen LogP contribution in [0.2, 0.25) is 0 Å². The Kier molecular flexibility index (Phi) is 5.44. The summed E-state index contributed by atoms with van der Waals surface area (Å²) in [4.78, 5) is 0. The number of hydrogen-bond donors (Lipinski definition) is 2. The standard InChI is InChI=1S/C10H18ClNO/c11-6-3-7-12-8-9-4-1-2-5-10(9)13/h3,6,9-10,12-13H,1-2,4-5,7-8H2/b6-3+. The normalized spacial score (nSPS) is 29.7. The molecule has 0 heterocycles. The Balaban J connectivity index is 2.11. The first-order chi connectivity index (χ1) is 6.34. The zero-order chi connectivity index (χ0) is 9.52. The number of halogens is 1. The van der Waals surface area contributed by atoms with Crippen LogP contribution in [-0.2, 0) is 0 Å². The van der Waals surface area contributed by atoms with Crippen molar-refractivity contribution in [3.8, 4) is 0 Å². The molecule has 76 valence electrons. The minimum absolute atomic E-state index is 0.0961. The third-order valence-corrected chi connectivity index (χ3v) is 2.80. The molecule has 1 aliphatic rings. The molecule has 0 saturated heterocycles. The van der Waals surface area contributed by atoms with Crippen LogP contribution in [0.3, 0.4) is 0 Å². The largest absolute Gasteiger partial charge is 0.393 e. The van der Waals surface area contributed by atoms with Crippen molar-refractivity contribution in [2.24, 2.45) is 5.92 Å². The average Bonchev–Trinajstić information content (AvgIpc) is 2.15. The van der Waals surface area contributed by atoms with Gasteiger partial charge in [0.2, 0.25) is 0 Å². The van der Waals surface area contributed by atoms with Crippen LogP contribution >= 0.6 is 11.6 Å². The van der Waals surface area contributed by atoms with Crippen LogP contribution in [-0.4, -0.2) is 24.3 Å². The van der Waals surface area contributed by atoms with Gasteiger partial charge in [0.15, 0.2) is 0 Å². The second-order valence-corrected chi connectivity index (χ2v) is 3.88. The van der Waals surface area contributed by atoms with E-state index < -0.39 is 0 Å². The summed E-state index contributed by atoms with van der Waals surface area (Å²) >= 11 is 5.38. The molecule has 13 heavy (non-hydrogen) atoms. The average molecular weight is 204 g/mol. The SMILES string of the molecule is OC1CCCCC1CNC/C=C/Cl. The van der Waals surface area contributed by atoms with Gasteiger partial charge in [-0.1, -0.05) is 30.5 Å². The summed E-state index contributed by atoms with van der Waals surface area (Å²) in [6.45, 7) is 1.70. The lowest BCUT2D eigenvalue weighted by Gasteiger charge is -2.27. The van der Waals surface area contributed by atoms with E-state index in [1.807, 2.05) is 6.08 Å². The molecule has 1 fully saturated rings. The molecule has 1 rings (SSSR count). The highest BCUT2D eigenvalue weighted by Crippen LogP contribution is 2.23. The second kappa shape index (κ2) is 6.41. The van der Waals surface area contributed by atoms with Gasteiger partial charge in [-0.25, -0.2) is 0 Å². The fourth-order valence-corrected chi connectivity index (χ4v) is 1.91. The Hall–Kier alpha value is -0.0500. The second-order valence-electron chi connectivity index (χ2n) is 3.63. The van der Waals surface area contributed by atoms with Gasteiger partial charge in [-0.15, -0.1) is 0 Å². The lowest BCUT2D eigenvalue weighted by atomic mass is 9.86. The Bertz CT molecular complexity index is 161. The molecule has 3 heteroatoms. The Morgan fingerprint density at radius 1 is 1.38 bits per heavy atom. The van der Waals surface area contributed by atoms with Gasteiger partial charge in [0, 0.05) is 18.6 Å². The third kappa shape index (κ3) is 4.12. The Labute approximate surface area is 85.0 Å². The van der Waals surface area contributed by atoms with E-state index in [-0.39, 0.29) is 6.10 Å². The molecule has 0 aromatic carbocycles. The van der Waals surface area contributed by atoms with E-state index >= 15 is 0 Å². The van der Waals surface area contributed by atoms with E-state index in [1.54, 1.807) is 0 Å². The first kappa shape index (κ1) is 11.0. The van der Waals surface area contributed by atoms with Crippen LogP contribution in [0.25, 0.3) is 0 Å². The lowest BCUT2D eigenvalue weighted by molar-refractivity contribution is 0.0702. The molecule has 0 bridgehead atoms. The van der Waals surface area contributed by atoms with E-state index in [1.165, 1.54) is 18.4 Å². The zero-order valence-electron chi connectivity index (χ0n) is 7.88. The smallest absolute Gasteiger partial charge is 0.0580 e. The maximum absolute atomic E-state index is 9.64. The van der Waals surface area contributed by atoms with E-state index in [0.29, 0.717) is 5.92 Å². The van der Waals surface area contributed by atoms with Crippen molar-refractivity contribution >= 4 is 11.6 Å². The fourth-order valence-electron chi connectivity index (χ4n) is 1.82. The van der Waals surface area contributed by atoms with Crippen molar-refractivity contribution in [3.63, 3.8) is 0 Å². The molecule has 1 saturated carbocycles. The van der Waals surface area contributed by atoms with Crippen LogP contribution in [0, 0.1) is 5.92 Å². The predicted molar refractivity (Wildman–Crippen MR) is 55.8 cm³/mol. The molecule has 2 nitrogen and oxygen atoms in total. The summed E-state index contributed by atoms with van der Waals surface area (Å²) in [6.07, 6.45) is 6.34. The van der Waals surface area contributed by atoms with Gasteiger partial charge in [-0.2, -0.15) is 0 Å². The highest BCUT2D eigenvalue weighted by molar-refractivity contribution is 6.25. The minimum atomic E-state index is -0.0961. The van der Waals surface area contributed by atoms with Gasteiger partial charge in [0.1, 0.15) is 0 Å². The van der Waals surface area contributed by atoms with Crippen molar-refractivity contribution in [1.82, 2.24) is 5.32 Å². The van der Waals surface area contributed by atoms with Crippen molar-refractivity contribution in [1.29, 1.82) is 0 Å². The van der Waals surface area contributed by atoms with Crippen LogP contribution in [0.4, 0.5) is 0 Å². The van der Waals surface area contributed by atoms with E-state index in [0.717, 1.165) is 25.9 Å². The molecule has 1 aliphatic carbocycles. The van der Waals surface area contributed by atoms with Gasteiger partial charge < -0.3 is 10.4 Å². The molecular weight excluding hydrogens is 186 g/mol. The zero-order valence-corrected chi connectivity index (χ0v) is 8.63. The van der Waals surface area contributed by atoms with Gasteiger partial charge in [-0.3, -0.25) is 0 Å². The van der Waals surface area contributed by atoms with Crippen LogP contribution < -0.4 is 5.32 Å². The molecule has 2 unspecified atom stereocenters. The van der Waals surface area contributed by atoms with Crippen molar-refractivity contribution in [2.45, 2.75) is 31.8 Å². The van der Waals surface area contributed by atoms with Crippen molar-refractivity contribution in [3.05, 3.63) is 11.6 Å². The number of aliphatic hydroxyl groups excluding tert-OH is 1. The quantitative estimate of drug-likeness (QED) is 0.684. The monoisotopic (exact) mass is 203 g/mol. The van der Waals surface area contributed by atoms with Crippen LogP contribution in [0.5, 0.6) is 0 Å². The van der Waals surface area contributed by atoms with Crippen LogP contribution in [0.15, 0.2) is 11.6 Å². The molecular formula is C10H18ClNO. The van der Waals surface area contributed by atoms with Crippen LogP contribution in [0.1, 0.15) is 25.7 Å². The van der Waals surface area contributed by atoms with E-state index in [9.17, 15) is 5.11 Å². The third-order valence-electron chi connectivity index (χ3n) is 2.63. The van der Waals surface area contributed by atoms with Crippen molar-refractivity contribution < 1.29 is 5.11 Å². The maximum Gasteiger partial charge on any atom is 0.0580 e. The summed E-state index contributed by atoms with van der Waals surface area (Å²) in [5.74, 6) is 0.442. The van der Waals surface area contributed by atoms with E-state index in [2.05, 4.69) is 5.32 Å². The molecule has 2 atom stereocenters. The summed E-state index contributed by atoms with van der Waals surface area (Å²) in [6, 6.07) is 0. The molecule has 0 spiro atoms. The Morgan fingerprint density at radius 2 is 2.15 bits per heavy atom. The van der Waals surface area contributed by atoms with Gasteiger partial charge in [0.05, 0.1) is 6.10 Å². The maximum atomic E-state index is 9.64. The number of hydrogen-bond acceptors (Lipinski definition) is 2. The van der Waals surface area contributed by atoms with E-state index in [4.69, 9.17) is 11.6 Å². The summed E-state index contributed by atoms with van der Waals surface area (Å²) in [5.41, 5.74) is 1.52. The topological polar surface area (TPSA) is 32.3 Å². The minimum Gasteiger partial charge on any atom is -0.393 e. The van der Waals surface area contributed by atoms with Gasteiger partial charge >= 0.3 is 0 Å². The molecule has 0 aromatic rings. The summed E-state index contributed by atoms with van der Waals surface area (Å²) < 4.78 is 0. The highest BCUT2D eigenvalue weighted by atomic mass is 35.5. The lowest BCUT2D eigenvalue weighted by Crippen LogP contribution is -2.33. The first-order valence-corrected chi connectivity index (χ1v) is 5.42. The Morgan fingerprint density at radius 3 is 2.85 bits per heavy atom. The fraction of sp³-hybridized carbons (Fsp3) is 0.800. The molecule has 0 amide bonds. The molecule has 0 aromatic heterocycles. The number of nitrogens with one attached hydrogen (secondary N) is 1. The molecule has 0 aliphatic heterocycles. The highest BCUT2D eigenvalue weighted by Gasteiger charge is 2.21. The summed E-state index contributed by atoms with van der Waals surface area (Å²) in [5, 5.41) is 12.9. The predicted octanol–water partition coefficient (Wildman–Crippen LogP) is 1.88. The van der Waals surface area contributed by atoms with Gasteiger partial charge in [0.25, 0.3) is 0 Å². The molecule has 2 N–H and O–H groups in total. The van der Waals surface area contributed by atoms with Gasteiger partial charge in [-0.05, 0) is 18.8 Å². The number of aliphatic hydroxyl groups is 1. The van der Waals surface area contributed by atoms with Crippen molar-refractivity contribution in [2.75, 3.05) is 13.1 Å². The summed E-state index contributed by atoms with van der Waals surface area (Å²) in [7, 11) is 0. The molecule has 0 radical (unpaired) electrons. The first-order valence-electron chi connectivity index (χ1n) is 4.98.